The van der Waals surface area contributed by atoms with Gasteiger partial charge < -0.3 is 9.13 Å². The Labute approximate surface area is 181 Å². The van der Waals surface area contributed by atoms with E-state index in [-0.39, 0.29) is 17.2 Å². The molecule has 1 fully saturated rings. The van der Waals surface area contributed by atoms with Crippen molar-refractivity contribution in [2.45, 2.75) is 45.7 Å². The molecule has 5 heteroatoms. The molecule has 3 aromatic heterocycles. The molecule has 3 atom stereocenters. The van der Waals surface area contributed by atoms with Crippen LogP contribution in [0, 0.1) is 11.8 Å². The third kappa shape index (κ3) is 3.48. The second kappa shape index (κ2) is 7.80. The summed E-state index contributed by atoms with van der Waals surface area (Å²) in [7, 11) is 0. The highest BCUT2D eigenvalue weighted by Gasteiger charge is 2.29. The van der Waals surface area contributed by atoms with E-state index in [1.165, 1.54) is 6.42 Å². The lowest BCUT2D eigenvalue weighted by Gasteiger charge is -2.35. The molecule has 3 heterocycles. The molecule has 31 heavy (non-hydrogen) atoms. The van der Waals surface area contributed by atoms with Crippen LogP contribution in [-0.4, -0.2) is 14.1 Å². The summed E-state index contributed by atoms with van der Waals surface area (Å²) in [5, 5.41) is 1.01. The zero-order valence-corrected chi connectivity index (χ0v) is 18.0. The summed E-state index contributed by atoms with van der Waals surface area (Å²) < 4.78 is 3.55. The fraction of sp³-hybridized carbons (Fsp3) is 0.346. The van der Waals surface area contributed by atoms with Gasteiger partial charge >= 0.3 is 0 Å². The molecule has 0 N–H and O–H groups in total. The van der Waals surface area contributed by atoms with Gasteiger partial charge in [-0.1, -0.05) is 57.0 Å². The Morgan fingerprint density at radius 2 is 1.61 bits per heavy atom. The van der Waals surface area contributed by atoms with Gasteiger partial charge in [0, 0.05) is 18.4 Å². The predicted octanol–water partition coefficient (Wildman–Crippen LogP) is 4.76. The normalized spacial score (nSPS) is 21.5. The van der Waals surface area contributed by atoms with E-state index in [0.717, 1.165) is 18.4 Å². The second-order valence-corrected chi connectivity index (χ2v) is 8.95. The van der Waals surface area contributed by atoms with Crippen molar-refractivity contribution < 1.29 is 0 Å². The first-order valence-corrected chi connectivity index (χ1v) is 11.1. The number of fused-ring (bicyclic) bond motifs is 2. The Kier molecular flexibility index (Phi) is 4.97. The van der Waals surface area contributed by atoms with Gasteiger partial charge in [0.05, 0.1) is 28.4 Å². The summed E-state index contributed by atoms with van der Waals surface area (Å²) in [6.07, 6.45) is 7.04. The highest BCUT2D eigenvalue weighted by atomic mass is 16.1. The van der Waals surface area contributed by atoms with Crippen LogP contribution in [0.2, 0.25) is 0 Å². The summed E-state index contributed by atoms with van der Waals surface area (Å²) in [5.74, 6) is 1.04. The van der Waals surface area contributed by atoms with E-state index in [1.807, 2.05) is 53.2 Å². The van der Waals surface area contributed by atoms with Crippen LogP contribution in [-0.2, 0) is 6.54 Å². The highest BCUT2D eigenvalue weighted by Crippen LogP contribution is 2.37. The Morgan fingerprint density at radius 3 is 2.39 bits per heavy atom. The Bertz CT molecular complexity index is 1370. The van der Waals surface area contributed by atoms with Gasteiger partial charge in [-0.05, 0) is 42.0 Å². The molecule has 0 radical (unpaired) electrons. The largest absolute Gasteiger partial charge is 0.312 e. The topological polar surface area (TPSA) is 56.9 Å². The van der Waals surface area contributed by atoms with Crippen molar-refractivity contribution in [2.24, 2.45) is 11.8 Å². The molecule has 0 saturated heterocycles. The van der Waals surface area contributed by atoms with Crippen LogP contribution in [0.25, 0.3) is 21.8 Å². The van der Waals surface area contributed by atoms with Gasteiger partial charge in [-0.25, -0.2) is 4.98 Å². The van der Waals surface area contributed by atoms with E-state index in [0.29, 0.717) is 40.2 Å². The molecule has 3 unspecified atom stereocenters. The fourth-order valence-electron chi connectivity index (χ4n) is 4.99. The van der Waals surface area contributed by atoms with E-state index in [1.54, 1.807) is 16.8 Å². The molecule has 1 aliphatic rings. The maximum Gasteiger partial charge on any atom is 0.260 e. The van der Waals surface area contributed by atoms with Crippen molar-refractivity contribution >= 4 is 21.8 Å². The van der Waals surface area contributed by atoms with Gasteiger partial charge in [0.1, 0.15) is 0 Å². The molecule has 0 bridgehead atoms. The number of benzene rings is 1. The number of nitrogens with zero attached hydrogens (tertiary/aromatic N) is 3. The van der Waals surface area contributed by atoms with Crippen LogP contribution < -0.4 is 11.1 Å². The molecule has 0 aliphatic heterocycles. The van der Waals surface area contributed by atoms with E-state index in [2.05, 4.69) is 18.8 Å². The lowest BCUT2D eigenvalue weighted by atomic mass is 9.78. The zero-order chi connectivity index (χ0) is 21.5. The lowest BCUT2D eigenvalue weighted by molar-refractivity contribution is 0.183. The maximum absolute atomic E-state index is 13.4. The van der Waals surface area contributed by atoms with Crippen molar-refractivity contribution in [3.63, 3.8) is 0 Å². The molecule has 158 valence electrons. The average molecular weight is 414 g/mol. The number of pyridine rings is 3. The second-order valence-electron chi connectivity index (χ2n) is 8.95. The molecule has 1 saturated carbocycles. The number of rotatable bonds is 3. The minimum absolute atomic E-state index is 0.0456. The van der Waals surface area contributed by atoms with Crippen molar-refractivity contribution in [2.75, 3.05) is 0 Å². The highest BCUT2D eigenvalue weighted by molar-refractivity contribution is 5.91. The molecule has 0 amide bonds. The third-order valence-corrected chi connectivity index (χ3v) is 7.06. The van der Waals surface area contributed by atoms with Gasteiger partial charge in [0.2, 0.25) is 0 Å². The first kappa shape index (κ1) is 19.7. The summed E-state index contributed by atoms with van der Waals surface area (Å²) in [5.41, 5.74) is 2.16. The van der Waals surface area contributed by atoms with E-state index < -0.39 is 0 Å². The smallest absolute Gasteiger partial charge is 0.260 e. The van der Waals surface area contributed by atoms with Crippen LogP contribution in [0.3, 0.4) is 0 Å². The third-order valence-electron chi connectivity index (χ3n) is 7.06. The molecule has 5 rings (SSSR count). The van der Waals surface area contributed by atoms with Crippen LogP contribution in [0.5, 0.6) is 0 Å². The molecule has 1 aliphatic carbocycles. The number of aromatic nitrogens is 3. The Hall–Kier alpha value is -3.21. The van der Waals surface area contributed by atoms with Gasteiger partial charge in [-0.15, -0.1) is 0 Å². The molecule has 1 aromatic carbocycles. The Balaban J connectivity index is 1.63. The molecule has 0 spiro atoms. The van der Waals surface area contributed by atoms with E-state index >= 15 is 0 Å². The monoisotopic (exact) mass is 413 g/mol. The van der Waals surface area contributed by atoms with Crippen LogP contribution in [0.15, 0.2) is 70.5 Å². The fourth-order valence-corrected chi connectivity index (χ4v) is 4.99. The zero-order valence-electron chi connectivity index (χ0n) is 18.0. The van der Waals surface area contributed by atoms with E-state index in [4.69, 9.17) is 0 Å². The quantitative estimate of drug-likeness (QED) is 0.455. The molecule has 4 aromatic rings. The minimum atomic E-state index is -0.120. The van der Waals surface area contributed by atoms with Crippen LogP contribution in [0.4, 0.5) is 0 Å². The summed E-state index contributed by atoms with van der Waals surface area (Å²) in [6, 6.07) is 15.6. The van der Waals surface area contributed by atoms with Gasteiger partial charge in [-0.2, -0.15) is 0 Å². The first-order chi connectivity index (χ1) is 15.0. The van der Waals surface area contributed by atoms with Crippen molar-refractivity contribution in [1.82, 2.24) is 14.1 Å². The summed E-state index contributed by atoms with van der Waals surface area (Å²) in [6.45, 7) is 5.00. The molecular formula is C26H27N3O2. The molecular weight excluding hydrogens is 386 g/mol. The SMILES string of the molecule is CC1CCCC(n2ccc3nc4ccn(Cc5ccccc5)c(=O)c4cc3c2=O)C1C. The minimum Gasteiger partial charge on any atom is -0.312 e. The summed E-state index contributed by atoms with van der Waals surface area (Å²) >= 11 is 0. The van der Waals surface area contributed by atoms with Crippen molar-refractivity contribution in [3.05, 3.63) is 87.2 Å². The van der Waals surface area contributed by atoms with Gasteiger partial charge in [0.15, 0.2) is 0 Å². The lowest BCUT2D eigenvalue weighted by Crippen LogP contribution is -2.33. The van der Waals surface area contributed by atoms with Gasteiger partial charge in [0.25, 0.3) is 11.1 Å². The van der Waals surface area contributed by atoms with Crippen LogP contribution in [0.1, 0.15) is 44.7 Å². The molecule has 5 nitrogen and oxygen atoms in total. The first-order valence-electron chi connectivity index (χ1n) is 11.1. The maximum atomic E-state index is 13.4. The summed E-state index contributed by atoms with van der Waals surface area (Å²) in [4.78, 5) is 31.2. The number of hydrogen-bond acceptors (Lipinski definition) is 3. The predicted molar refractivity (Wildman–Crippen MR) is 125 cm³/mol. The average Bonchev–Trinajstić information content (AvgIpc) is 2.78. The number of hydrogen-bond donors (Lipinski definition) is 0. The van der Waals surface area contributed by atoms with Gasteiger partial charge in [-0.3, -0.25) is 9.59 Å². The van der Waals surface area contributed by atoms with Crippen molar-refractivity contribution in [1.29, 1.82) is 0 Å². The Morgan fingerprint density at radius 1 is 0.903 bits per heavy atom. The standard InChI is InChI=1S/C26H27N3O2/c1-17-7-6-10-24(18(17)2)29-14-12-23-21(26(29)31)15-20-22(27-23)11-13-28(25(20)30)16-19-8-4-3-5-9-19/h3-5,8-9,11-15,17-18,24H,6-7,10,16H2,1-2H3. The van der Waals surface area contributed by atoms with E-state index in [9.17, 15) is 9.59 Å². The van der Waals surface area contributed by atoms with Crippen molar-refractivity contribution in [3.8, 4) is 0 Å². The van der Waals surface area contributed by atoms with Crippen LogP contribution >= 0.6 is 0 Å².